The Bertz CT molecular complexity index is 659. The second-order valence-corrected chi connectivity index (χ2v) is 5.81. The molecule has 0 spiro atoms. The van der Waals surface area contributed by atoms with E-state index in [0.717, 1.165) is 0 Å². The first-order valence-electron chi connectivity index (χ1n) is 7.61. The lowest BCUT2D eigenvalue weighted by molar-refractivity contribution is -0.293. The van der Waals surface area contributed by atoms with Crippen LogP contribution in [0, 0.1) is 0 Å². The molecule has 1 aromatic rings. The van der Waals surface area contributed by atoms with E-state index in [1.807, 2.05) is 0 Å². The Hall–Kier alpha value is -2.06. The van der Waals surface area contributed by atoms with Crippen LogP contribution in [-0.2, 0) is 0 Å². The molecule has 0 N–H and O–H groups in total. The number of alkyl halides is 6. The van der Waals surface area contributed by atoms with E-state index in [2.05, 4.69) is 9.98 Å². The van der Waals surface area contributed by atoms with E-state index >= 15 is 0 Å². The zero-order valence-electron chi connectivity index (χ0n) is 13.8. The summed E-state index contributed by atoms with van der Waals surface area (Å²) in [4.78, 5) is 7.50. The molecule has 0 aliphatic carbocycles. The normalized spacial score (nSPS) is 18.2. The van der Waals surface area contributed by atoms with Crippen molar-refractivity contribution in [1.82, 2.24) is 4.90 Å². The van der Waals surface area contributed by atoms with Crippen LogP contribution in [0.4, 0.5) is 26.3 Å². The number of aliphatic imine (C=N–C) groups is 2. The van der Waals surface area contributed by atoms with Crippen LogP contribution in [0.5, 0.6) is 0 Å². The lowest BCUT2D eigenvalue weighted by Gasteiger charge is -2.41. The third-order valence-electron chi connectivity index (χ3n) is 3.72. The molecule has 1 heterocycles. The Labute approximate surface area is 141 Å². The topological polar surface area (TPSA) is 28.0 Å². The van der Waals surface area contributed by atoms with Gasteiger partial charge in [0.2, 0.25) is 0 Å². The Morgan fingerprint density at radius 3 is 1.88 bits per heavy atom. The van der Waals surface area contributed by atoms with Gasteiger partial charge in [-0.25, -0.2) is 9.98 Å². The summed E-state index contributed by atoms with van der Waals surface area (Å²) in [6, 6.07) is 7.08. The first-order valence-corrected chi connectivity index (χ1v) is 7.61. The van der Waals surface area contributed by atoms with E-state index in [0.29, 0.717) is 0 Å². The number of amidine groups is 2. The molecule has 0 fully saturated rings. The highest BCUT2D eigenvalue weighted by Crippen LogP contribution is 2.49. The fraction of sp³-hybridized carbons (Fsp3) is 0.500. The number of hydrogen-bond acceptors (Lipinski definition) is 3. The summed E-state index contributed by atoms with van der Waals surface area (Å²) in [5.74, 6) is -0.699. The molecule has 0 radical (unpaired) electrons. The van der Waals surface area contributed by atoms with Crippen molar-refractivity contribution < 1.29 is 26.3 Å². The van der Waals surface area contributed by atoms with Gasteiger partial charge in [-0.05, 0) is 13.8 Å². The molecule has 3 nitrogen and oxygen atoms in total. The van der Waals surface area contributed by atoms with Crippen molar-refractivity contribution in [3.8, 4) is 0 Å². The number of rotatable bonds is 3. The van der Waals surface area contributed by atoms with E-state index in [-0.39, 0.29) is 17.8 Å². The van der Waals surface area contributed by atoms with Gasteiger partial charge in [0.1, 0.15) is 11.7 Å². The minimum absolute atomic E-state index is 0.0993. The van der Waals surface area contributed by atoms with Gasteiger partial charge in [-0.2, -0.15) is 26.3 Å². The van der Waals surface area contributed by atoms with E-state index in [9.17, 15) is 26.3 Å². The predicted octanol–water partition coefficient (Wildman–Crippen LogP) is 4.79. The molecule has 0 saturated heterocycles. The van der Waals surface area contributed by atoms with Crippen LogP contribution in [0.15, 0.2) is 40.3 Å². The highest BCUT2D eigenvalue weighted by Gasteiger charge is 2.73. The lowest BCUT2D eigenvalue weighted by Crippen LogP contribution is -2.60. The van der Waals surface area contributed by atoms with Crippen molar-refractivity contribution in [3.63, 3.8) is 0 Å². The molecule has 0 bridgehead atoms. The standard InChI is InChI=1S/C16H17F6N3/c1-4-12-23-14(15(17,18)19,16(20,21)22)24-13(25(12)10(2)3)11-8-6-5-7-9-11/h5-10H,4H2,1-3H3. The highest BCUT2D eigenvalue weighted by atomic mass is 19.4. The Balaban J connectivity index is 2.82. The van der Waals surface area contributed by atoms with Gasteiger partial charge in [-0.15, -0.1) is 0 Å². The van der Waals surface area contributed by atoms with Gasteiger partial charge in [0, 0.05) is 18.0 Å². The van der Waals surface area contributed by atoms with E-state index in [1.54, 1.807) is 19.9 Å². The quantitative estimate of drug-likeness (QED) is 0.708. The van der Waals surface area contributed by atoms with Gasteiger partial charge >= 0.3 is 18.0 Å². The van der Waals surface area contributed by atoms with Gasteiger partial charge in [0.25, 0.3) is 0 Å². The SMILES string of the molecule is CCC1=NC(C(F)(F)F)(C(F)(F)F)N=C(c2ccccc2)N1C(C)C. The molecule has 1 aliphatic rings. The van der Waals surface area contributed by atoms with Gasteiger partial charge in [-0.1, -0.05) is 37.3 Å². The molecule has 0 aromatic heterocycles. The molecule has 2 rings (SSSR count). The number of benzene rings is 1. The van der Waals surface area contributed by atoms with Crippen LogP contribution < -0.4 is 0 Å². The monoisotopic (exact) mass is 365 g/mol. The molecule has 1 aliphatic heterocycles. The maximum Gasteiger partial charge on any atom is 0.443 e. The molecule has 9 heteroatoms. The summed E-state index contributed by atoms with van der Waals surface area (Å²) in [6.07, 6.45) is -11.5. The summed E-state index contributed by atoms with van der Waals surface area (Å²) >= 11 is 0. The maximum absolute atomic E-state index is 13.5. The summed E-state index contributed by atoms with van der Waals surface area (Å²) in [5, 5.41) is 0. The Kier molecular flexibility index (Phi) is 4.89. The average molecular weight is 365 g/mol. The van der Waals surface area contributed by atoms with Gasteiger partial charge in [0.05, 0.1) is 0 Å². The molecule has 138 valence electrons. The van der Waals surface area contributed by atoms with Crippen molar-refractivity contribution in [3.05, 3.63) is 35.9 Å². The summed E-state index contributed by atoms with van der Waals surface area (Å²) in [5.41, 5.74) is -4.34. The predicted molar refractivity (Wildman–Crippen MR) is 82.5 cm³/mol. The zero-order valence-corrected chi connectivity index (χ0v) is 13.8. The highest BCUT2D eigenvalue weighted by molar-refractivity contribution is 6.11. The first-order chi connectivity index (χ1) is 11.4. The molecular weight excluding hydrogens is 348 g/mol. The van der Waals surface area contributed by atoms with Crippen molar-refractivity contribution in [1.29, 1.82) is 0 Å². The first kappa shape index (κ1) is 19.3. The maximum atomic E-state index is 13.5. The van der Waals surface area contributed by atoms with E-state index in [1.165, 1.54) is 36.1 Å². The zero-order chi connectivity index (χ0) is 19.0. The van der Waals surface area contributed by atoms with Crippen molar-refractivity contribution in [2.75, 3.05) is 0 Å². The van der Waals surface area contributed by atoms with Crippen LogP contribution in [0.25, 0.3) is 0 Å². The van der Waals surface area contributed by atoms with Crippen molar-refractivity contribution in [2.24, 2.45) is 9.98 Å². The molecule has 1 aromatic carbocycles. The smallest absolute Gasteiger partial charge is 0.312 e. The lowest BCUT2D eigenvalue weighted by atomic mass is 10.1. The number of hydrogen-bond donors (Lipinski definition) is 0. The summed E-state index contributed by atoms with van der Waals surface area (Å²) in [6.45, 7) is 4.76. The second-order valence-electron chi connectivity index (χ2n) is 5.81. The summed E-state index contributed by atoms with van der Waals surface area (Å²) in [7, 11) is 0. The van der Waals surface area contributed by atoms with Crippen LogP contribution in [0.1, 0.15) is 32.8 Å². The van der Waals surface area contributed by atoms with Gasteiger partial charge in [-0.3, -0.25) is 0 Å². The van der Waals surface area contributed by atoms with Crippen LogP contribution in [0.3, 0.4) is 0 Å². The number of nitrogens with zero attached hydrogens (tertiary/aromatic N) is 3. The second kappa shape index (κ2) is 6.34. The minimum atomic E-state index is -5.71. The number of halogens is 6. The molecule has 0 unspecified atom stereocenters. The molecule has 25 heavy (non-hydrogen) atoms. The minimum Gasteiger partial charge on any atom is -0.312 e. The van der Waals surface area contributed by atoms with Gasteiger partial charge in [0.15, 0.2) is 0 Å². The fourth-order valence-corrected chi connectivity index (χ4v) is 2.59. The van der Waals surface area contributed by atoms with E-state index < -0.39 is 29.9 Å². The van der Waals surface area contributed by atoms with E-state index in [4.69, 9.17) is 0 Å². The summed E-state index contributed by atoms with van der Waals surface area (Å²) < 4.78 is 80.8. The van der Waals surface area contributed by atoms with Crippen molar-refractivity contribution in [2.45, 2.75) is 51.2 Å². The van der Waals surface area contributed by atoms with Gasteiger partial charge < -0.3 is 4.90 Å². The van der Waals surface area contributed by atoms with Crippen molar-refractivity contribution >= 4 is 11.7 Å². The molecule has 0 atom stereocenters. The van der Waals surface area contributed by atoms with Crippen LogP contribution in [-0.4, -0.2) is 40.6 Å². The average Bonchev–Trinajstić information content (AvgIpc) is 2.52. The Morgan fingerprint density at radius 1 is 0.960 bits per heavy atom. The third-order valence-corrected chi connectivity index (χ3v) is 3.72. The Morgan fingerprint density at radius 2 is 1.48 bits per heavy atom. The van der Waals surface area contributed by atoms with Crippen LogP contribution >= 0.6 is 0 Å². The molecule has 0 amide bonds. The van der Waals surface area contributed by atoms with Crippen LogP contribution in [0.2, 0.25) is 0 Å². The third kappa shape index (κ3) is 3.23. The molecule has 0 saturated carbocycles. The largest absolute Gasteiger partial charge is 0.443 e. The fourth-order valence-electron chi connectivity index (χ4n) is 2.59. The molecular formula is C16H17F6N3.